The fourth-order valence-electron chi connectivity index (χ4n) is 3.05. The van der Waals surface area contributed by atoms with Crippen molar-refractivity contribution in [1.29, 1.82) is 0 Å². The molecule has 0 spiro atoms. The maximum atomic E-state index is 12.6. The zero-order valence-electron chi connectivity index (χ0n) is 10.7. The first kappa shape index (κ1) is 14.6. The van der Waals surface area contributed by atoms with Crippen LogP contribution in [0.15, 0.2) is 18.2 Å². The smallest absolute Gasteiger partial charge is 0.247 e. The molecule has 0 aromatic heterocycles. The van der Waals surface area contributed by atoms with E-state index in [1.54, 1.807) is 0 Å². The first-order chi connectivity index (χ1) is 8.60. The molecule has 3 nitrogen and oxygen atoms in total. The molecule has 1 aliphatic carbocycles. The molecule has 19 heavy (non-hydrogen) atoms. The van der Waals surface area contributed by atoms with E-state index in [2.05, 4.69) is 0 Å². The van der Waals surface area contributed by atoms with Crippen LogP contribution in [0.2, 0.25) is 5.02 Å². The average Bonchev–Trinajstić information content (AvgIpc) is 2.95. The van der Waals surface area contributed by atoms with Gasteiger partial charge in [0.25, 0.3) is 0 Å². The third-order valence-corrected chi connectivity index (χ3v) is 4.34. The Morgan fingerprint density at radius 1 is 1.32 bits per heavy atom. The maximum absolute atomic E-state index is 12.6. The summed E-state index contributed by atoms with van der Waals surface area (Å²) in [7, 11) is 0. The van der Waals surface area contributed by atoms with E-state index in [1.165, 1.54) is 5.56 Å². The molecule has 1 aromatic rings. The van der Waals surface area contributed by atoms with E-state index in [9.17, 15) is 4.79 Å². The van der Waals surface area contributed by atoms with Gasteiger partial charge < -0.3 is 10.6 Å². The molecule has 1 amide bonds. The lowest BCUT2D eigenvalue weighted by Crippen LogP contribution is -2.53. The van der Waals surface area contributed by atoms with Crippen molar-refractivity contribution in [3.05, 3.63) is 28.8 Å². The van der Waals surface area contributed by atoms with Gasteiger partial charge in [-0.3, -0.25) is 4.79 Å². The number of carbonyl (C=O) groups is 1. The molecular formula is C14H18Cl2N2O. The SMILES string of the molecule is Cl.NC1(C(=O)N2CCc3ccc(Cl)cc32)CCCC1. The number of carbonyl (C=O) groups excluding carboxylic acids is 1. The number of anilines is 1. The van der Waals surface area contributed by atoms with Crippen molar-refractivity contribution >= 4 is 35.6 Å². The monoisotopic (exact) mass is 300 g/mol. The van der Waals surface area contributed by atoms with Gasteiger partial charge >= 0.3 is 0 Å². The number of benzene rings is 1. The fraction of sp³-hybridized carbons (Fsp3) is 0.500. The first-order valence-corrected chi connectivity index (χ1v) is 6.87. The van der Waals surface area contributed by atoms with Crippen LogP contribution in [0.4, 0.5) is 5.69 Å². The molecule has 3 rings (SSSR count). The van der Waals surface area contributed by atoms with E-state index in [4.69, 9.17) is 17.3 Å². The molecule has 1 fully saturated rings. The van der Waals surface area contributed by atoms with E-state index in [0.717, 1.165) is 44.3 Å². The second-order valence-corrected chi connectivity index (χ2v) is 5.78. The van der Waals surface area contributed by atoms with Crippen LogP contribution in [-0.2, 0) is 11.2 Å². The van der Waals surface area contributed by atoms with Gasteiger partial charge in [-0.05, 0) is 37.0 Å². The summed E-state index contributed by atoms with van der Waals surface area (Å²) < 4.78 is 0. The van der Waals surface area contributed by atoms with Crippen molar-refractivity contribution in [3.63, 3.8) is 0 Å². The highest BCUT2D eigenvalue weighted by Crippen LogP contribution is 2.35. The molecule has 2 aliphatic rings. The molecule has 104 valence electrons. The first-order valence-electron chi connectivity index (χ1n) is 6.49. The van der Waals surface area contributed by atoms with Gasteiger partial charge in [-0.2, -0.15) is 0 Å². The average molecular weight is 301 g/mol. The quantitative estimate of drug-likeness (QED) is 0.867. The summed E-state index contributed by atoms with van der Waals surface area (Å²) in [5, 5.41) is 0.672. The van der Waals surface area contributed by atoms with Gasteiger partial charge in [0.05, 0.1) is 5.54 Å². The van der Waals surface area contributed by atoms with Crippen molar-refractivity contribution in [2.75, 3.05) is 11.4 Å². The summed E-state index contributed by atoms with van der Waals surface area (Å²) >= 11 is 6.02. The van der Waals surface area contributed by atoms with E-state index in [1.807, 2.05) is 23.1 Å². The highest BCUT2D eigenvalue weighted by molar-refractivity contribution is 6.31. The van der Waals surface area contributed by atoms with Gasteiger partial charge in [0.15, 0.2) is 0 Å². The normalized spacial score (nSPS) is 20.0. The molecule has 1 heterocycles. The number of amides is 1. The predicted molar refractivity (Wildman–Crippen MR) is 80.1 cm³/mol. The lowest BCUT2D eigenvalue weighted by Gasteiger charge is -2.29. The van der Waals surface area contributed by atoms with Crippen molar-refractivity contribution < 1.29 is 4.79 Å². The molecule has 1 aromatic carbocycles. The lowest BCUT2D eigenvalue weighted by molar-refractivity contribution is -0.123. The number of rotatable bonds is 1. The Morgan fingerprint density at radius 3 is 2.68 bits per heavy atom. The molecule has 0 radical (unpaired) electrons. The van der Waals surface area contributed by atoms with Crippen LogP contribution in [-0.4, -0.2) is 18.0 Å². The Labute approximate surface area is 124 Å². The Bertz CT molecular complexity index is 498. The summed E-state index contributed by atoms with van der Waals surface area (Å²) in [5.41, 5.74) is 7.74. The number of nitrogens with two attached hydrogens (primary N) is 1. The van der Waals surface area contributed by atoms with Crippen molar-refractivity contribution in [1.82, 2.24) is 0 Å². The molecule has 0 unspecified atom stereocenters. The van der Waals surface area contributed by atoms with Crippen molar-refractivity contribution in [2.45, 2.75) is 37.6 Å². The van der Waals surface area contributed by atoms with Crippen LogP contribution in [0.5, 0.6) is 0 Å². The van der Waals surface area contributed by atoms with Gasteiger partial charge in [0, 0.05) is 17.3 Å². The minimum atomic E-state index is -0.649. The molecule has 0 bridgehead atoms. The predicted octanol–water partition coefficient (Wildman–Crippen LogP) is 2.92. The second kappa shape index (κ2) is 5.31. The highest BCUT2D eigenvalue weighted by atomic mass is 35.5. The standard InChI is InChI=1S/C14H17ClN2O.ClH/c15-11-4-3-10-5-8-17(12(10)9-11)13(18)14(16)6-1-2-7-14;/h3-4,9H,1-2,5-8,16H2;1H. The van der Waals surface area contributed by atoms with Crippen LogP contribution >= 0.6 is 24.0 Å². The number of nitrogens with zero attached hydrogens (tertiary/aromatic N) is 1. The van der Waals surface area contributed by atoms with Crippen molar-refractivity contribution in [2.24, 2.45) is 5.73 Å². The van der Waals surface area contributed by atoms with Gasteiger partial charge in [-0.15, -0.1) is 12.4 Å². The number of hydrogen-bond acceptors (Lipinski definition) is 2. The van der Waals surface area contributed by atoms with E-state index in [-0.39, 0.29) is 18.3 Å². The van der Waals surface area contributed by atoms with Crippen LogP contribution in [0.25, 0.3) is 0 Å². The van der Waals surface area contributed by atoms with E-state index in [0.29, 0.717) is 5.02 Å². The fourth-order valence-corrected chi connectivity index (χ4v) is 3.22. The van der Waals surface area contributed by atoms with Gasteiger partial charge in [-0.1, -0.05) is 30.5 Å². The molecule has 0 saturated heterocycles. The number of hydrogen-bond donors (Lipinski definition) is 1. The topological polar surface area (TPSA) is 46.3 Å². The van der Waals surface area contributed by atoms with Crippen LogP contribution < -0.4 is 10.6 Å². The minimum Gasteiger partial charge on any atom is -0.317 e. The molecular weight excluding hydrogens is 283 g/mol. The Balaban J connectivity index is 0.00000133. The number of halogens is 2. The van der Waals surface area contributed by atoms with Crippen molar-refractivity contribution in [3.8, 4) is 0 Å². The van der Waals surface area contributed by atoms with E-state index < -0.39 is 5.54 Å². The third kappa shape index (κ3) is 2.47. The Kier molecular flexibility index (Phi) is 4.09. The maximum Gasteiger partial charge on any atom is 0.247 e. The zero-order chi connectivity index (χ0) is 12.8. The molecule has 0 atom stereocenters. The highest BCUT2D eigenvalue weighted by Gasteiger charge is 2.41. The zero-order valence-corrected chi connectivity index (χ0v) is 12.3. The van der Waals surface area contributed by atoms with Crippen LogP contribution in [0, 0.1) is 0 Å². The Morgan fingerprint density at radius 2 is 2.00 bits per heavy atom. The van der Waals surface area contributed by atoms with Crippen LogP contribution in [0.1, 0.15) is 31.2 Å². The van der Waals surface area contributed by atoms with E-state index >= 15 is 0 Å². The minimum absolute atomic E-state index is 0. The third-order valence-electron chi connectivity index (χ3n) is 4.11. The summed E-state index contributed by atoms with van der Waals surface area (Å²) in [6.45, 7) is 0.730. The second-order valence-electron chi connectivity index (χ2n) is 5.34. The summed E-state index contributed by atoms with van der Waals surface area (Å²) in [5.74, 6) is 0.0704. The summed E-state index contributed by atoms with van der Waals surface area (Å²) in [6, 6.07) is 5.75. The lowest BCUT2D eigenvalue weighted by atomic mass is 9.97. The van der Waals surface area contributed by atoms with Gasteiger partial charge in [0.1, 0.15) is 0 Å². The summed E-state index contributed by atoms with van der Waals surface area (Å²) in [4.78, 5) is 14.4. The molecule has 1 saturated carbocycles. The number of fused-ring (bicyclic) bond motifs is 1. The van der Waals surface area contributed by atoms with Gasteiger partial charge in [-0.25, -0.2) is 0 Å². The summed E-state index contributed by atoms with van der Waals surface area (Å²) in [6.07, 6.45) is 4.61. The molecule has 2 N–H and O–H groups in total. The molecule has 5 heteroatoms. The van der Waals surface area contributed by atoms with Gasteiger partial charge in [0.2, 0.25) is 5.91 Å². The largest absolute Gasteiger partial charge is 0.317 e. The molecule has 1 aliphatic heterocycles. The Hall–Kier alpha value is -0.770. The van der Waals surface area contributed by atoms with Crippen LogP contribution in [0.3, 0.4) is 0 Å².